The van der Waals surface area contributed by atoms with Crippen LogP contribution in [0.4, 0.5) is 0 Å². The predicted octanol–water partition coefficient (Wildman–Crippen LogP) is 1.55. The van der Waals surface area contributed by atoms with E-state index in [2.05, 4.69) is 0 Å². The van der Waals surface area contributed by atoms with Gasteiger partial charge in [-0.1, -0.05) is 12.2 Å². The van der Waals surface area contributed by atoms with Gasteiger partial charge in [0.25, 0.3) is 0 Å². The first-order chi connectivity index (χ1) is 3.91. The van der Waals surface area contributed by atoms with Crippen molar-refractivity contribution in [3.8, 4) is 0 Å². The van der Waals surface area contributed by atoms with Crippen LogP contribution in [0, 0.1) is 0 Å². The Kier molecular flexibility index (Phi) is 6.98. The van der Waals surface area contributed by atoms with Crippen LogP contribution in [0.3, 0.4) is 0 Å². The van der Waals surface area contributed by atoms with Gasteiger partial charge >= 0.3 is 0 Å². The van der Waals surface area contributed by atoms with Crippen molar-refractivity contribution in [1.29, 1.82) is 0 Å². The van der Waals surface area contributed by atoms with E-state index < -0.39 is 0 Å². The Bertz CT molecular complexity index is 53.5. The van der Waals surface area contributed by atoms with Gasteiger partial charge in [0.2, 0.25) is 0 Å². The molecular formula is C6H11ClO. The van der Waals surface area contributed by atoms with Crippen LogP contribution in [-0.2, 0) is 0 Å². The van der Waals surface area contributed by atoms with Gasteiger partial charge in [-0.3, -0.25) is 0 Å². The zero-order valence-corrected chi connectivity index (χ0v) is 5.56. The molecule has 0 amide bonds. The minimum absolute atomic E-state index is 0.235. The number of halogens is 1. The molecule has 0 atom stereocenters. The molecule has 0 rings (SSSR count). The summed E-state index contributed by atoms with van der Waals surface area (Å²) < 4.78 is 0. The zero-order chi connectivity index (χ0) is 6.24. The first kappa shape index (κ1) is 7.99. The fourth-order valence-corrected chi connectivity index (χ4v) is 0.499. The molecule has 8 heavy (non-hydrogen) atoms. The van der Waals surface area contributed by atoms with Crippen LogP contribution in [0.15, 0.2) is 12.2 Å². The highest BCUT2D eigenvalue weighted by molar-refractivity contribution is 6.17. The predicted molar refractivity (Wildman–Crippen MR) is 36.2 cm³/mol. The van der Waals surface area contributed by atoms with Crippen LogP contribution in [0.5, 0.6) is 0 Å². The SMILES string of the molecule is OCC/C=C/CCCl. The third-order valence-corrected chi connectivity index (χ3v) is 0.956. The fourth-order valence-electron chi connectivity index (χ4n) is 0.373. The molecule has 0 aromatic rings. The maximum Gasteiger partial charge on any atom is 0.0465 e. The van der Waals surface area contributed by atoms with Gasteiger partial charge in [0.05, 0.1) is 0 Å². The molecule has 0 radical (unpaired) electrons. The van der Waals surface area contributed by atoms with Gasteiger partial charge in [-0.2, -0.15) is 0 Å². The fraction of sp³-hybridized carbons (Fsp3) is 0.667. The molecule has 0 aromatic carbocycles. The van der Waals surface area contributed by atoms with Gasteiger partial charge in [0.15, 0.2) is 0 Å². The summed E-state index contributed by atoms with van der Waals surface area (Å²) in [5.41, 5.74) is 0. The van der Waals surface area contributed by atoms with E-state index in [9.17, 15) is 0 Å². The summed E-state index contributed by atoms with van der Waals surface area (Å²) in [7, 11) is 0. The van der Waals surface area contributed by atoms with E-state index in [1.165, 1.54) is 0 Å². The molecule has 0 aromatic heterocycles. The van der Waals surface area contributed by atoms with Crippen molar-refractivity contribution in [2.45, 2.75) is 12.8 Å². The highest BCUT2D eigenvalue weighted by Gasteiger charge is 1.73. The molecule has 0 unspecified atom stereocenters. The number of alkyl halides is 1. The minimum atomic E-state index is 0.235. The smallest absolute Gasteiger partial charge is 0.0465 e. The maximum atomic E-state index is 8.28. The molecule has 0 heterocycles. The Balaban J connectivity index is 2.83. The second kappa shape index (κ2) is 6.99. The lowest BCUT2D eigenvalue weighted by atomic mass is 10.3. The molecule has 0 saturated carbocycles. The molecule has 2 heteroatoms. The molecule has 0 aliphatic rings. The quantitative estimate of drug-likeness (QED) is 0.457. The van der Waals surface area contributed by atoms with Crippen molar-refractivity contribution in [1.82, 2.24) is 0 Å². The summed E-state index contributed by atoms with van der Waals surface area (Å²) in [4.78, 5) is 0. The Hall–Kier alpha value is -0.0100. The molecule has 0 saturated heterocycles. The normalized spacial score (nSPS) is 10.8. The monoisotopic (exact) mass is 134 g/mol. The number of rotatable bonds is 4. The Morgan fingerprint density at radius 2 is 1.88 bits per heavy atom. The van der Waals surface area contributed by atoms with Gasteiger partial charge in [0.1, 0.15) is 0 Å². The molecule has 48 valence electrons. The molecule has 0 fully saturated rings. The Labute approximate surface area is 55.0 Å². The number of aliphatic hydroxyl groups excluding tert-OH is 1. The van der Waals surface area contributed by atoms with Crippen LogP contribution in [0.2, 0.25) is 0 Å². The summed E-state index contributed by atoms with van der Waals surface area (Å²) in [5.74, 6) is 0.669. The van der Waals surface area contributed by atoms with E-state index in [1.807, 2.05) is 12.2 Å². The lowest BCUT2D eigenvalue weighted by molar-refractivity contribution is 0.302. The van der Waals surface area contributed by atoms with Gasteiger partial charge in [-0.05, 0) is 12.8 Å². The van der Waals surface area contributed by atoms with Gasteiger partial charge in [-0.25, -0.2) is 0 Å². The average molecular weight is 135 g/mol. The van der Waals surface area contributed by atoms with Gasteiger partial charge in [-0.15, -0.1) is 11.6 Å². The molecule has 0 spiro atoms. The first-order valence-corrected chi connectivity index (χ1v) is 3.27. The number of hydrogen-bond acceptors (Lipinski definition) is 1. The maximum absolute atomic E-state index is 8.28. The third kappa shape index (κ3) is 5.99. The van der Waals surface area contributed by atoms with Crippen molar-refractivity contribution in [2.24, 2.45) is 0 Å². The summed E-state index contributed by atoms with van der Waals surface area (Å²) in [6.07, 6.45) is 5.56. The van der Waals surface area contributed by atoms with Gasteiger partial charge < -0.3 is 5.11 Å². The summed E-state index contributed by atoms with van der Waals surface area (Å²) in [6.45, 7) is 0.235. The van der Waals surface area contributed by atoms with Crippen molar-refractivity contribution < 1.29 is 5.11 Å². The van der Waals surface area contributed by atoms with Crippen LogP contribution in [-0.4, -0.2) is 17.6 Å². The third-order valence-electron chi connectivity index (χ3n) is 0.738. The number of allylic oxidation sites excluding steroid dienone is 1. The van der Waals surface area contributed by atoms with E-state index in [-0.39, 0.29) is 6.61 Å². The minimum Gasteiger partial charge on any atom is -0.396 e. The molecular weight excluding hydrogens is 124 g/mol. The van der Waals surface area contributed by atoms with E-state index in [0.717, 1.165) is 12.8 Å². The van der Waals surface area contributed by atoms with Gasteiger partial charge in [0, 0.05) is 12.5 Å². The number of hydrogen-bond donors (Lipinski definition) is 1. The summed E-state index contributed by atoms with van der Waals surface area (Å²) >= 11 is 5.37. The van der Waals surface area contributed by atoms with Crippen LogP contribution < -0.4 is 0 Å². The Morgan fingerprint density at radius 1 is 1.25 bits per heavy atom. The number of aliphatic hydroxyl groups is 1. The molecule has 0 aliphatic carbocycles. The van der Waals surface area contributed by atoms with Crippen molar-refractivity contribution in [3.05, 3.63) is 12.2 Å². The second-order valence-electron chi connectivity index (χ2n) is 1.46. The van der Waals surface area contributed by atoms with Crippen molar-refractivity contribution >= 4 is 11.6 Å². The van der Waals surface area contributed by atoms with Crippen LogP contribution in [0.25, 0.3) is 0 Å². The molecule has 1 N–H and O–H groups in total. The lowest BCUT2D eigenvalue weighted by Gasteiger charge is -1.82. The standard InChI is InChI=1S/C6H11ClO/c7-5-3-1-2-4-6-8/h1-2,8H,3-6H2/b2-1+. The summed E-state index contributed by atoms with van der Waals surface area (Å²) in [5, 5.41) is 8.28. The molecule has 1 nitrogen and oxygen atoms in total. The highest BCUT2D eigenvalue weighted by Crippen LogP contribution is 1.87. The van der Waals surface area contributed by atoms with E-state index in [0.29, 0.717) is 5.88 Å². The van der Waals surface area contributed by atoms with Crippen LogP contribution >= 0.6 is 11.6 Å². The molecule has 0 aliphatic heterocycles. The highest BCUT2D eigenvalue weighted by atomic mass is 35.5. The van der Waals surface area contributed by atoms with Crippen LogP contribution in [0.1, 0.15) is 12.8 Å². The summed E-state index contributed by atoms with van der Waals surface area (Å²) in [6, 6.07) is 0. The topological polar surface area (TPSA) is 20.2 Å². The largest absolute Gasteiger partial charge is 0.396 e. The lowest BCUT2D eigenvalue weighted by Crippen LogP contribution is -1.75. The Morgan fingerprint density at radius 3 is 2.38 bits per heavy atom. The van der Waals surface area contributed by atoms with E-state index in [1.54, 1.807) is 0 Å². The molecule has 0 bridgehead atoms. The first-order valence-electron chi connectivity index (χ1n) is 2.73. The van der Waals surface area contributed by atoms with Crippen molar-refractivity contribution in [2.75, 3.05) is 12.5 Å². The van der Waals surface area contributed by atoms with Crippen molar-refractivity contribution in [3.63, 3.8) is 0 Å². The van der Waals surface area contributed by atoms with E-state index in [4.69, 9.17) is 16.7 Å². The van der Waals surface area contributed by atoms with E-state index >= 15 is 0 Å². The average Bonchev–Trinajstić information content (AvgIpc) is 1.81. The second-order valence-corrected chi connectivity index (χ2v) is 1.84. The zero-order valence-electron chi connectivity index (χ0n) is 4.81.